The number of carbonyl (C=O) groups is 1. The Kier molecular flexibility index (Phi) is 3.13. The zero-order chi connectivity index (χ0) is 15.0. The molecule has 0 fully saturated rings. The van der Waals surface area contributed by atoms with Crippen LogP contribution in [-0.4, -0.2) is 21.0 Å². The molecule has 1 amide bonds. The quantitative estimate of drug-likeness (QED) is 0.781. The number of fused-ring (bicyclic) bond motifs is 1. The second-order valence-corrected chi connectivity index (χ2v) is 4.88. The standard InChI is InChI=1S/C15H14N4O2/c1-8-5-4-6-16-13(8)18-14(20)11-7-9(2)17-15-12(11)10(3)19-21-15/h4-7H,1-3H3,(H,16,18,20). The molecule has 0 bridgehead atoms. The lowest BCUT2D eigenvalue weighted by Crippen LogP contribution is -2.15. The lowest BCUT2D eigenvalue weighted by Gasteiger charge is -2.08. The van der Waals surface area contributed by atoms with Gasteiger partial charge in [-0.1, -0.05) is 11.2 Å². The summed E-state index contributed by atoms with van der Waals surface area (Å²) in [4.78, 5) is 20.9. The Balaban J connectivity index is 2.06. The summed E-state index contributed by atoms with van der Waals surface area (Å²) in [5, 5.41) is 7.32. The summed E-state index contributed by atoms with van der Waals surface area (Å²) in [6.45, 7) is 5.48. The maximum absolute atomic E-state index is 12.5. The predicted molar refractivity (Wildman–Crippen MR) is 78.2 cm³/mol. The van der Waals surface area contributed by atoms with Gasteiger partial charge < -0.3 is 9.84 Å². The highest BCUT2D eigenvalue weighted by Gasteiger charge is 2.18. The summed E-state index contributed by atoms with van der Waals surface area (Å²) in [5.74, 6) is 0.290. The van der Waals surface area contributed by atoms with Crippen molar-refractivity contribution in [1.82, 2.24) is 15.1 Å². The van der Waals surface area contributed by atoms with E-state index in [2.05, 4.69) is 20.4 Å². The molecule has 0 aliphatic rings. The Morgan fingerprint density at radius 1 is 1.29 bits per heavy atom. The molecule has 0 spiro atoms. The van der Waals surface area contributed by atoms with Crippen LogP contribution >= 0.6 is 0 Å². The Morgan fingerprint density at radius 2 is 2.10 bits per heavy atom. The second-order valence-electron chi connectivity index (χ2n) is 4.88. The predicted octanol–water partition coefficient (Wildman–Crippen LogP) is 2.80. The van der Waals surface area contributed by atoms with Crippen molar-refractivity contribution in [3.8, 4) is 0 Å². The van der Waals surface area contributed by atoms with Crippen LogP contribution in [0.2, 0.25) is 0 Å². The van der Waals surface area contributed by atoms with Gasteiger partial charge in [0.25, 0.3) is 11.6 Å². The summed E-state index contributed by atoms with van der Waals surface area (Å²) in [6.07, 6.45) is 1.64. The minimum absolute atomic E-state index is 0.251. The van der Waals surface area contributed by atoms with Crippen molar-refractivity contribution in [2.24, 2.45) is 0 Å². The first kappa shape index (κ1) is 13.2. The van der Waals surface area contributed by atoms with Gasteiger partial charge in [-0.05, 0) is 38.5 Å². The summed E-state index contributed by atoms with van der Waals surface area (Å²) in [6, 6.07) is 5.44. The smallest absolute Gasteiger partial charge is 0.258 e. The Hall–Kier alpha value is -2.76. The zero-order valence-corrected chi connectivity index (χ0v) is 12.0. The van der Waals surface area contributed by atoms with Gasteiger partial charge in [0, 0.05) is 11.9 Å². The van der Waals surface area contributed by atoms with Gasteiger partial charge >= 0.3 is 0 Å². The maximum Gasteiger partial charge on any atom is 0.258 e. The van der Waals surface area contributed by atoms with E-state index in [0.717, 1.165) is 5.56 Å². The molecule has 0 aliphatic carbocycles. The SMILES string of the molecule is Cc1cc(C(=O)Nc2ncccc2C)c2c(C)noc2n1. The average Bonchev–Trinajstić information content (AvgIpc) is 2.82. The molecule has 21 heavy (non-hydrogen) atoms. The molecule has 0 unspecified atom stereocenters. The summed E-state index contributed by atoms with van der Waals surface area (Å²) < 4.78 is 5.14. The molecule has 106 valence electrons. The first-order chi connectivity index (χ1) is 10.1. The summed E-state index contributed by atoms with van der Waals surface area (Å²) in [7, 11) is 0. The van der Waals surface area contributed by atoms with Gasteiger partial charge in [-0.25, -0.2) is 9.97 Å². The Bertz CT molecular complexity index is 839. The van der Waals surface area contributed by atoms with Crippen LogP contribution in [0.3, 0.4) is 0 Å². The van der Waals surface area contributed by atoms with Gasteiger partial charge in [-0.3, -0.25) is 4.79 Å². The van der Waals surface area contributed by atoms with Gasteiger partial charge in [-0.2, -0.15) is 0 Å². The minimum Gasteiger partial charge on any atom is -0.336 e. The van der Waals surface area contributed by atoms with Crippen LogP contribution in [0.15, 0.2) is 28.9 Å². The van der Waals surface area contributed by atoms with E-state index in [9.17, 15) is 4.79 Å². The normalized spacial score (nSPS) is 10.8. The summed E-state index contributed by atoms with van der Waals surface area (Å²) >= 11 is 0. The topological polar surface area (TPSA) is 80.9 Å². The molecule has 0 atom stereocenters. The highest BCUT2D eigenvalue weighted by Crippen LogP contribution is 2.23. The number of carbonyl (C=O) groups excluding carboxylic acids is 1. The molecule has 6 nitrogen and oxygen atoms in total. The molecule has 0 radical (unpaired) electrons. The number of hydrogen-bond donors (Lipinski definition) is 1. The van der Waals surface area contributed by atoms with Gasteiger partial charge in [0.2, 0.25) is 0 Å². The third kappa shape index (κ3) is 2.35. The van der Waals surface area contributed by atoms with Crippen molar-refractivity contribution in [1.29, 1.82) is 0 Å². The minimum atomic E-state index is -0.251. The largest absolute Gasteiger partial charge is 0.336 e. The molecule has 3 aromatic rings. The van der Waals surface area contributed by atoms with Crippen LogP contribution in [0.4, 0.5) is 5.82 Å². The fourth-order valence-electron chi connectivity index (χ4n) is 2.19. The molecule has 0 aromatic carbocycles. The number of nitrogens with zero attached hydrogens (tertiary/aromatic N) is 3. The van der Waals surface area contributed by atoms with E-state index in [1.54, 1.807) is 26.1 Å². The second kappa shape index (κ2) is 4.97. The van der Waals surface area contributed by atoms with Crippen LogP contribution in [0, 0.1) is 20.8 Å². The van der Waals surface area contributed by atoms with Crippen LogP contribution in [-0.2, 0) is 0 Å². The molecule has 0 saturated heterocycles. The van der Waals surface area contributed by atoms with Crippen molar-refractivity contribution >= 4 is 22.8 Å². The van der Waals surface area contributed by atoms with Crippen molar-refractivity contribution in [2.45, 2.75) is 20.8 Å². The van der Waals surface area contributed by atoms with Gasteiger partial charge in [-0.15, -0.1) is 0 Å². The fourth-order valence-corrected chi connectivity index (χ4v) is 2.19. The molecular weight excluding hydrogens is 268 g/mol. The first-order valence-corrected chi connectivity index (χ1v) is 6.53. The number of rotatable bonds is 2. The number of anilines is 1. The molecule has 0 saturated carbocycles. The Morgan fingerprint density at radius 3 is 2.86 bits per heavy atom. The van der Waals surface area contributed by atoms with E-state index in [1.807, 2.05) is 19.1 Å². The van der Waals surface area contributed by atoms with Gasteiger partial charge in [0.05, 0.1) is 16.6 Å². The highest BCUT2D eigenvalue weighted by molar-refractivity contribution is 6.12. The molecular formula is C15H14N4O2. The lowest BCUT2D eigenvalue weighted by molar-refractivity contribution is 0.102. The molecule has 1 N–H and O–H groups in total. The van der Waals surface area contributed by atoms with Crippen molar-refractivity contribution in [3.05, 3.63) is 46.9 Å². The number of nitrogens with one attached hydrogen (secondary N) is 1. The third-order valence-corrected chi connectivity index (χ3v) is 3.23. The van der Waals surface area contributed by atoms with E-state index in [-0.39, 0.29) is 5.91 Å². The number of hydrogen-bond acceptors (Lipinski definition) is 5. The Labute approximate surface area is 121 Å². The fraction of sp³-hybridized carbons (Fsp3) is 0.200. The first-order valence-electron chi connectivity index (χ1n) is 6.53. The van der Waals surface area contributed by atoms with E-state index in [0.29, 0.717) is 33.9 Å². The molecule has 3 aromatic heterocycles. The van der Waals surface area contributed by atoms with Crippen LogP contribution in [0.5, 0.6) is 0 Å². The van der Waals surface area contributed by atoms with Gasteiger partial charge in [0.15, 0.2) is 0 Å². The lowest BCUT2D eigenvalue weighted by atomic mass is 10.1. The molecule has 3 heterocycles. The van der Waals surface area contributed by atoms with Crippen LogP contribution in [0.25, 0.3) is 11.1 Å². The highest BCUT2D eigenvalue weighted by atomic mass is 16.5. The van der Waals surface area contributed by atoms with E-state index in [4.69, 9.17) is 4.52 Å². The maximum atomic E-state index is 12.5. The van der Waals surface area contributed by atoms with Crippen LogP contribution < -0.4 is 5.32 Å². The van der Waals surface area contributed by atoms with E-state index in [1.165, 1.54) is 0 Å². The van der Waals surface area contributed by atoms with E-state index >= 15 is 0 Å². The third-order valence-electron chi connectivity index (χ3n) is 3.23. The van der Waals surface area contributed by atoms with Crippen molar-refractivity contribution in [3.63, 3.8) is 0 Å². The zero-order valence-electron chi connectivity index (χ0n) is 12.0. The molecule has 3 rings (SSSR count). The van der Waals surface area contributed by atoms with Crippen molar-refractivity contribution in [2.75, 3.05) is 5.32 Å². The molecule has 6 heteroatoms. The summed E-state index contributed by atoms with van der Waals surface area (Å²) in [5.41, 5.74) is 3.09. The monoisotopic (exact) mass is 282 g/mol. The average molecular weight is 282 g/mol. The molecule has 0 aliphatic heterocycles. The van der Waals surface area contributed by atoms with Crippen molar-refractivity contribution < 1.29 is 9.32 Å². The number of pyridine rings is 2. The van der Waals surface area contributed by atoms with E-state index < -0.39 is 0 Å². The number of amides is 1. The van der Waals surface area contributed by atoms with Crippen LogP contribution in [0.1, 0.15) is 27.3 Å². The number of aryl methyl sites for hydroxylation is 3. The van der Waals surface area contributed by atoms with Gasteiger partial charge in [0.1, 0.15) is 5.82 Å². The number of aromatic nitrogens is 3.